The molecule has 0 aromatic heterocycles. The molecule has 0 aliphatic carbocycles. The summed E-state index contributed by atoms with van der Waals surface area (Å²) >= 11 is 0. The van der Waals surface area contributed by atoms with Crippen LogP contribution in [0.5, 0.6) is 5.75 Å². The van der Waals surface area contributed by atoms with Crippen LogP contribution >= 0.6 is 0 Å². The van der Waals surface area contributed by atoms with Gasteiger partial charge in [-0.2, -0.15) is 0 Å². The number of aryl methyl sites for hydroxylation is 1. The first-order valence-corrected chi connectivity index (χ1v) is 5.64. The summed E-state index contributed by atoms with van der Waals surface area (Å²) in [6, 6.07) is 5.22. The van der Waals surface area contributed by atoms with E-state index in [4.69, 9.17) is 14.9 Å². The first kappa shape index (κ1) is 13.7. The largest absolute Gasteiger partial charge is 0.491 e. The average molecular weight is 238 g/mol. The van der Waals surface area contributed by atoms with Crippen LogP contribution in [-0.4, -0.2) is 35.3 Å². The lowest BCUT2D eigenvalue weighted by atomic mass is 10.0. The van der Waals surface area contributed by atoms with Crippen molar-refractivity contribution in [2.24, 2.45) is 0 Å². The fourth-order valence-electron chi connectivity index (χ4n) is 1.43. The maximum atomic E-state index is 11.6. The van der Waals surface area contributed by atoms with Crippen LogP contribution < -0.4 is 4.74 Å². The number of aliphatic hydroxyl groups is 2. The van der Waals surface area contributed by atoms with E-state index in [2.05, 4.69) is 0 Å². The Labute approximate surface area is 101 Å². The molecule has 17 heavy (non-hydrogen) atoms. The van der Waals surface area contributed by atoms with Crippen LogP contribution in [0.1, 0.15) is 29.3 Å². The van der Waals surface area contributed by atoms with Crippen LogP contribution in [-0.2, 0) is 0 Å². The van der Waals surface area contributed by atoms with Gasteiger partial charge in [-0.05, 0) is 24.6 Å². The molecule has 4 nitrogen and oxygen atoms in total. The van der Waals surface area contributed by atoms with Gasteiger partial charge in [-0.25, -0.2) is 0 Å². The standard InChI is InChI=1S/C13H18O4/c1-3-13(16)12-6-11(5-4-9(12)2)17-8-10(15)7-14/h4-6,10,14-15H,3,7-8H2,1-2H3. The van der Waals surface area contributed by atoms with E-state index >= 15 is 0 Å². The highest BCUT2D eigenvalue weighted by molar-refractivity contribution is 5.97. The summed E-state index contributed by atoms with van der Waals surface area (Å²) in [5.74, 6) is 0.593. The van der Waals surface area contributed by atoms with Gasteiger partial charge in [0.25, 0.3) is 0 Å². The molecule has 0 aliphatic heterocycles. The molecule has 0 saturated heterocycles. The Kier molecular flexibility index (Phi) is 5.12. The molecular weight excluding hydrogens is 220 g/mol. The summed E-state index contributed by atoms with van der Waals surface area (Å²) in [7, 11) is 0. The SMILES string of the molecule is CCC(=O)c1cc(OCC(O)CO)ccc1C. The number of hydrogen-bond acceptors (Lipinski definition) is 4. The van der Waals surface area contributed by atoms with Crippen molar-refractivity contribution in [1.82, 2.24) is 0 Å². The van der Waals surface area contributed by atoms with Gasteiger partial charge in [-0.15, -0.1) is 0 Å². The summed E-state index contributed by atoms with van der Waals surface area (Å²) in [6.45, 7) is 3.35. The van der Waals surface area contributed by atoms with E-state index in [1.807, 2.05) is 19.9 Å². The zero-order valence-electron chi connectivity index (χ0n) is 10.1. The topological polar surface area (TPSA) is 66.8 Å². The van der Waals surface area contributed by atoms with Crippen LogP contribution in [0.15, 0.2) is 18.2 Å². The van der Waals surface area contributed by atoms with E-state index in [1.54, 1.807) is 12.1 Å². The van der Waals surface area contributed by atoms with Crippen molar-refractivity contribution in [3.05, 3.63) is 29.3 Å². The molecule has 2 N–H and O–H groups in total. The van der Waals surface area contributed by atoms with Crippen molar-refractivity contribution in [2.75, 3.05) is 13.2 Å². The average Bonchev–Trinajstić information content (AvgIpc) is 2.36. The minimum absolute atomic E-state index is 0.0132. The van der Waals surface area contributed by atoms with Gasteiger partial charge in [0.2, 0.25) is 0 Å². The molecule has 0 bridgehead atoms. The van der Waals surface area contributed by atoms with Gasteiger partial charge < -0.3 is 14.9 Å². The molecule has 1 aromatic rings. The Hall–Kier alpha value is -1.39. The van der Waals surface area contributed by atoms with Gasteiger partial charge in [0.15, 0.2) is 5.78 Å². The number of ether oxygens (including phenoxy) is 1. The molecule has 0 radical (unpaired) electrons. The quantitative estimate of drug-likeness (QED) is 0.733. The number of benzene rings is 1. The number of Topliss-reactive ketones (excluding diaryl/α,β-unsaturated/α-hetero) is 1. The Balaban J connectivity index is 2.78. The number of rotatable bonds is 6. The number of ketones is 1. The van der Waals surface area contributed by atoms with Gasteiger partial charge in [-0.1, -0.05) is 13.0 Å². The lowest BCUT2D eigenvalue weighted by Crippen LogP contribution is -2.21. The highest BCUT2D eigenvalue weighted by Gasteiger charge is 2.09. The third-order valence-electron chi connectivity index (χ3n) is 2.48. The fraction of sp³-hybridized carbons (Fsp3) is 0.462. The monoisotopic (exact) mass is 238 g/mol. The van der Waals surface area contributed by atoms with E-state index in [9.17, 15) is 4.79 Å². The van der Waals surface area contributed by atoms with Gasteiger partial charge in [0.1, 0.15) is 18.5 Å². The van der Waals surface area contributed by atoms with Crippen LogP contribution in [0.2, 0.25) is 0 Å². The zero-order chi connectivity index (χ0) is 12.8. The summed E-state index contributed by atoms with van der Waals surface area (Å²) in [5, 5.41) is 17.8. The van der Waals surface area contributed by atoms with Crippen LogP contribution in [0.25, 0.3) is 0 Å². The third kappa shape index (κ3) is 3.84. The molecule has 0 fully saturated rings. The Bertz CT molecular complexity index is 387. The second-order valence-electron chi connectivity index (χ2n) is 3.90. The second-order valence-corrected chi connectivity index (χ2v) is 3.90. The third-order valence-corrected chi connectivity index (χ3v) is 2.48. The smallest absolute Gasteiger partial charge is 0.163 e. The number of hydrogen-bond donors (Lipinski definition) is 2. The van der Waals surface area contributed by atoms with Crippen molar-refractivity contribution < 1.29 is 19.7 Å². The number of carbonyl (C=O) groups excluding carboxylic acids is 1. The summed E-state index contributed by atoms with van der Waals surface area (Å²) < 4.78 is 5.29. The number of aliphatic hydroxyl groups excluding tert-OH is 2. The van der Waals surface area contributed by atoms with Gasteiger partial charge in [-0.3, -0.25) is 4.79 Å². The molecule has 0 amide bonds. The number of carbonyl (C=O) groups is 1. The fourth-order valence-corrected chi connectivity index (χ4v) is 1.43. The van der Waals surface area contributed by atoms with E-state index in [0.717, 1.165) is 5.56 Å². The molecule has 1 rings (SSSR count). The Morgan fingerprint density at radius 3 is 2.76 bits per heavy atom. The van der Waals surface area contributed by atoms with Crippen LogP contribution in [0.4, 0.5) is 0 Å². The Morgan fingerprint density at radius 1 is 1.47 bits per heavy atom. The summed E-state index contributed by atoms with van der Waals surface area (Å²) in [5.41, 5.74) is 1.55. The first-order chi connectivity index (χ1) is 8.08. The van der Waals surface area contributed by atoms with Gasteiger partial charge in [0, 0.05) is 12.0 Å². The minimum Gasteiger partial charge on any atom is -0.491 e. The molecule has 0 heterocycles. The second kappa shape index (κ2) is 6.37. The van der Waals surface area contributed by atoms with E-state index in [-0.39, 0.29) is 19.0 Å². The molecule has 1 aromatic carbocycles. The normalized spacial score (nSPS) is 12.2. The Morgan fingerprint density at radius 2 is 2.18 bits per heavy atom. The molecule has 0 saturated carbocycles. The van der Waals surface area contributed by atoms with Crippen molar-refractivity contribution >= 4 is 5.78 Å². The van der Waals surface area contributed by atoms with E-state index < -0.39 is 6.10 Å². The molecular formula is C13H18O4. The molecule has 94 valence electrons. The highest BCUT2D eigenvalue weighted by Crippen LogP contribution is 2.19. The molecule has 0 aliphatic rings. The van der Waals surface area contributed by atoms with Crippen molar-refractivity contribution in [2.45, 2.75) is 26.4 Å². The predicted octanol–water partition coefficient (Wildman–Crippen LogP) is 1.32. The molecule has 1 atom stereocenters. The first-order valence-electron chi connectivity index (χ1n) is 5.64. The van der Waals surface area contributed by atoms with Crippen LogP contribution in [0, 0.1) is 6.92 Å². The van der Waals surface area contributed by atoms with E-state index in [1.165, 1.54) is 0 Å². The van der Waals surface area contributed by atoms with Gasteiger partial charge >= 0.3 is 0 Å². The highest BCUT2D eigenvalue weighted by atomic mass is 16.5. The lowest BCUT2D eigenvalue weighted by molar-refractivity contribution is 0.0536. The van der Waals surface area contributed by atoms with Crippen molar-refractivity contribution in [1.29, 1.82) is 0 Å². The van der Waals surface area contributed by atoms with E-state index in [0.29, 0.717) is 17.7 Å². The lowest BCUT2D eigenvalue weighted by Gasteiger charge is -2.11. The molecule has 1 unspecified atom stereocenters. The van der Waals surface area contributed by atoms with Gasteiger partial charge in [0.05, 0.1) is 6.61 Å². The van der Waals surface area contributed by atoms with Crippen LogP contribution in [0.3, 0.4) is 0 Å². The minimum atomic E-state index is -0.901. The van der Waals surface area contributed by atoms with Crippen molar-refractivity contribution in [3.8, 4) is 5.75 Å². The zero-order valence-corrected chi connectivity index (χ0v) is 10.1. The summed E-state index contributed by atoms with van der Waals surface area (Å²) in [6.07, 6.45) is -0.453. The predicted molar refractivity (Wildman–Crippen MR) is 64.4 cm³/mol. The van der Waals surface area contributed by atoms with Crippen molar-refractivity contribution in [3.63, 3.8) is 0 Å². The maximum absolute atomic E-state index is 11.6. The molecule has 4 heteroatoms. The molecule has 0 spiro atoms. The summed E-state index contributed by atoms with van der Waals surface area (Å²) in [4.78, 5) is 11.6. The maximum Gasteiger partial charge on any atom is 0.163 e.